The van der Waals surface area contributed by atoms with Crippen LogP contribution in [0.1, 0.15) is 18.4 Å². The summed E-state index contributed by atoms with van der Waals surface area (Å²) in [4.78, 5) is 16.4. The molecule has 0 N–H and O–H groups in total. The Hall–Kier alpha value is -1.50. The lowest BCUT2D eigenvalue weighted by molar-refractivity contribution is -0.485. The molecule has 90 valence electrons. The van der Waals surface area contributed by atoms with E-state index >= 15 is 0 Å². The summed E-state index contributed by atoms with van der Waals surface area (Å²) in [5, 5.41) is 13.1. The smallest absolute Gasteiger partial charge is 0.192 e. The van der Waals surface area contributed by atoms with Gasteiger partial charge in [-0.15, -0.1) is 0 Å². The summed E-state index contributed by atoms with van der Waals surface area (Å²) in [7, 11) is 0. The molecule has 0 radical (unpaired) electrons. The molecule has 2 rings (SSSR count). The van der Waals surface area contributed by atoms with Crippen LogP contribution in [-0.4, -0.2) is 27.3 Å². The highest BCUT2D eigenvalue weighted by molar-refractivity contribution is 9.10. The zero-order valence-electron chi connectivity index (χ0n) is 9.04. The maximum absolute atomic E-state index is 10.4. The van der Waals surface area contributed by atoms with E-state index in [4.69, 9.17) is 0 Å². The molecule has 0 atom stereocenters. The van der Waals surface area contributed by atoms with Crippen LogP contribution in [0, 0.1) is 10.1 Å². The third-order valence-electron chi connectivity index (χ3n) is 2.55. The average Bonchev–Trinajstić information content (AvgIpc) is 2.68. The van der Waals surface area contributed by atoms with Gasteiger partial charge < -0.3 is 4.90 Å². The first-order valence-electron chi connectivity index (χ1n) is 5.22. The molecule has 1 fully saturated rings. The second-order valence-electron chi connectivity index (χ2n) is 3.77. The van der Waals surface area contributed by atoms with Crippen molar-refractivity contribution < 1.29 is 5.03 Å². The first kappa shape index (κ1) is 12.0. The summed E-state index contributed by atoms with van der Waals surface area (Å²) in [6, 6.07) is 3.80. The van der Waals surface area contributed by atoms with Gasteiger partial charge in [0.25, 0.3) is 0 Å². The normalized spacial score (nSPS) is 17.7. The third kappa shape index (κ3) is 3.23. The predicted molar refractivity (Wildman–Crippen MR) is 66.0 cm³/mol. The molecule has 17 heavy (non-hydrogen) atoms. The van der Waals surface area contributed by atoms with E-state index in [1.54, 1.807) is 6.20 Å². The molecule has 0 amide bonds. The number of nitro groups is 1. The molecule has 6 nitrogen and oxygen atoms in total. The molecular weight excluding hydrogens is 288 g/mol. The summed E-state index contributed by atoms with van der Waals surface area (Å²) in [5.74, 6) is 0.554. The lowest BCUT2D eigenvalue weighted by Gasteiger charge is -2.16. The zero-order chi connectivity index (χ0) is 12.3. The van der Waals surface area contributed by atoms with Crippen molar-refractivity contribution in [2.24, 2.45) is 5.10 Å². The molecule has 1 saturated heterocycles. The van der Waals surface area contributed by atoms with Crippen LogP contribution in [0.3, 0.4) is 0 Å². The summed E-state index contributed by atoms with van der Waals surface area (Å²) in [5.41, 5.74) is 1.02. The van der Waals surface area contributed by atoms with Crippen LogP contribution < -0.4 is 0 Å². The Balaban J connectivity index is 2.07. The van der Waals surface area contributed by atoms with Crippen molar-refractivity contribution in [1.29, 1.82) is 0 Å². The number of likely N-dealkylation sites (tertiary alicyclic amines) is 1. The highest BCUT2D eigenvalue weighted by Gasteiger charge is 2.21. The molecule has 1 aromatic heterocycles. The summed E-state index contributed by atoms with van der Waals surface area (Å²) >= 11 is 3.26. The number of aromatic nitrogens is 1. The molecule has 2 heterocycles. The van der Waals surface area contributed by atoms with Crippen molar-refractivity contribution in [2.75, 3.05) is 6.54 Å². The van der Waals surface area contributed by atoms with Gasteiger partial charge in [0.2, 0.25) is 0 Å². The first-order valence-corrected chi connectivity index (χ1v) is 6.02. The van der Waals surface area contributed by atoms with Gasteiger partial charge in [0.05, 0.1) is 5.10 Å². The molecular formula is C10H11BrN4O2. The fraction of sp³-hybridized carbons (Fsp3) is 0.400. The first-order chi connectivity index (χ1) is 8.15. The predicted octanol–water partition coefficient (Wildman–Crippen LogP) is 2.03. The fourth-order valence-electron chi connectivity index (χ4n) is 1.81. The SMILES string of the molecule is O=[N+]([O-])/N=C1/CCCN1Cc1ccc(Br)nc1. The van der Waals surface area contributed by atoms with E-state index in [2.05, 4.69) is 26.0 Å². The fourth-order valence-corrected chi connectivity index (χ4v) is 2.05. The lowest BCUT2D eigenvalue weighted by Crippen LogP contribution is -2.25. The maximum atomic E-state index is 10.4. The molecule has 0 bridgehead atoms. The molecule has 1 aliphatic heterocycles. The standard InChI is InChI=1S/C10H11BrN4O2/c11-9-4-3-8(6-12-9)7-14-5-1-2-10(14)13-15(16)17/h3-4,6H,1-2,5,7H2/b13-10-. The molecule has 7 heteroatoms. The molecule has 0 unspecified atom stereocenters. The van der Waals surface area contributed by atoms with E-state index in [0.717, 1.165) is 23.1 Å². The third-order valence-corrected chi connectivity index (χ3v) is 3.02. The quantitative estimate of drug-likeness (QED) is 0.486. The Labute approximate surface area is 107 Å². The van der Waals surface area contributed by atoms with Crippen molar-refractivity contribution in [1.82, 2.24) is 9.88 Å². The minimum Gasteiger partial charge on any atom is -0.351 e. The van der Waals surface area contributed by atoms with Gasteiger partial charge in [0.15, 0.2) is 10.9 Å². The molecule has 1 aliphatic rings. The minimum atomic E-state index is -0.631. The van der Waals surface area contributed by atoms with Gasteiger partial charge in [-0.3, -0.25) is 0 Å². The summed E-state index contributed by atoms with van der Waals surface area (Å²) in [6.45, 7) is 1.43. The molecule has 0 aromatic carbocycles. The van der Waals surface area contributed by atoms with Gasteiger partial charge in [-0.05, 0) is 34.0 Å². The molecule has 0 saturated carbocycles. The van der Waals surface area contributed by atoms with Gasteiger partial charge in [-0.2, -0.15) is 0 Å². The number of nitrogens with zero attached hydrogens (tertiary/aromatic N) is 4. The Morgan fingerprint density at radius 1 is 1.59 bits per heavy atom. The second kappa shape index (κ2) is 5.22. The van der Waals surface area contributed by atoms with E-state index in [9.17, 15) is 10.1 Å². The number of hydrazone groups is 1. The topological polar surface area (TPSA) is 71.6 Å². The average molecular weight is 299 g/mol. The van der Waals surface area contributed by atoms with Crippen LogP contribution in [0.4, 0.5) is 0 Å². The zero-order valence-corrected chi connectivity index (χ0v) is 10.6. The van der Waals surface area contributed by atoms with E-state index in [0.29, 0.717) is 18.8 Å². The van der Waals surface area contributed by atoms with Crippen molar-refractivity contribution in [3.8, 4) is 0 Å². The van der Waals surface area contributed by atoms with Crippen LogP contribution >= 0.6 is 15.9 Å². The van der Waals surface area contributed by atoms with E-state index in [1.165, 1.54) is 0 Å². The highest BCUT2D eigenvalue weighted by Crippen LogP contribution is 2.16. The van der Waals surface area contributed by atoms with Crippen LogP contribution in [0.2, 0.25) is 0 Å². The van der Waals surface area contributed by atoms with E-state index in [1.807, 2.05) is 17.0 Å². The summed E-state index contributed by atoms with van der Waals surface area (Å²) in [6.07, 6.45) is 3.34. The van der Waals surface area contributed by atoms with Gasteiger partial charge in [0.1, 0.15) is 4.60 Å². The molecule has 0 spiro atoms. The second-order valence-corrected chi connectivity index (χ2v) is 4.58. The van der Waals surface area contributed by atoms with E-state index in [-0.39, 0.29) is 0 Å². The Kier molecular flexibility index (Phi) is 3.68. The van der Waals surface area contributed by atoms with Crippen LogP contribution in [0.5, 0.6) is 0 Å². The number of rotatable bonds is 3. The number of hydrogen-bond donors (Lipinski definition) is 0. The monoisotopic (exact) mass is 298 g/mol. The van der Waals surface area contributed by atoms with Crippen LogP contribution in [0.15, 0.2) is 28.0 Å². The Morgan fingerprint density at radius 2 is 2.41 bits per heavy atom. The number of amidine groups is 1. The summed E-state index contributed by atoms with van der Waals surface area (Å²) < 4.78 is 0.779. The number of pyridine rings is 1. The van der Waals surface area contributed by atoms with Crippen LogP contribution in [0.25, 0.3) is 0 Å². The highest BCUT2D eigenvalue weighted by atomic mass is 79.9. The largest absolute Gasteiger partial charge is 0.351 e. The number of hydrogen-bond acceptors (Lipinski definition) is 3. The Morgan fingerprint density at radius 3 is 3.06 bits per heavy atom. The minimum absolute atomic E-state index is 0.554. The van der Waals surface area contributed by atoms with Gasteiger partial charge in [-0.25, -0.2) is 15.1 Å². The van der Waals surface area contributed by atoms with Crippen LogP contribution in [-0.2, 0) is 6.54 Å². The van der Waals surface area contributed by atoms with Gasteiger partial charge in [0, 0.05) is 25.7 Å². The molecule has 0 aliphatic carbocycles. The maximum Gasteiger partial charge on any atom is 0.192 e. The van der Waals surface area contributed by atoms with Crippen molar-refractivity contribution in [2.45, 2.75) is 19.4 Å². The lowest BCUT2D eigenvalue weighted by atomic mass is 10.3. The van der Waals surface area contributed by atoms with Crippen molar-refractivity contribution >= 4 is 21.8 Å². The molecule has 1 aromatic rings. The number of halogens is 1. The van der Waals surface area contributed by atoms with Crippen molar-refractivity contribution in [3.05, 3.63) is 38.6 Å². The van der Waals surface area contributed by atoms with Gasteiger partial charge >= 0.3 is 0 Å². The van der Waals surface area contributed by atoms with Gasteiger partial charge in [-0.1, -0.05) is 6.07 Å². The van der Waals surface area contributed by atoms with E-state index < -0.39 is 5.03 Å². The Bertz CT molecular complexity index is 446. The van der Waals surface area contributed by atoms with Crippen molar-refractivity contribution in [3.63, 3.8) is 0 Å².